The number of nitrogens with zero attached hydrogens (tertiary/aromatic N) is 1. The molecule has 0 spiro atoms. The molecule has 0 saturated heterocycles. The molecule has 142 valence electrons. The lowest BCUT2D eigenvalue weighted by Crippen LogP contribution is -2.36. The van der Waals surface area contributed by atoms with E-state index in [0.29, 0.717) is 17.8 Å². The van der Waals surface area contributed by atoms with E-state index in [1.165, 1.54) is 24.3 Å². The minimum Gasteiger partial charge on any atom is -0.312 e. The van der Waals surface area contributed by atoms with E-state index in [1.54, 1.807) is 17.0 Å². The molecule has 2 aromatic rings. The van der Waals surface area contributed by atoms with Crippen LogP contribution in [-0.4, -0.2) is 20.9 Å². The fourth-order valence-electron chi connectivity index (χ4n) is 3.43. The maximum absolute atomic E-state index is 13.0. The number of rotatable bonds is 5. The second kappa shape index (κ2) is 6.96. The molecule has 1 amide bonds. The first kappa shape index (κ1) is 18.0. The molecule has 5 nitrogen and oxygen atoms in total. The Hall–Kier alpha value is -2.41. The third kappa shape index (κ3) is 4.13. The van der Waals surface area contributed by atoms with Crippen molar-refractivity contribution in [3.05, 3.63) is 59.4 Å². The van der Waals surface area contributed by atoms with E-state index >= 15 is 0 Å². The van der Waals surface area contributed by atoms with E-state index in [9.17, 15) is 17.6 Å². The number of carbonyl (C=O) groups is 1. The van der Waals surface area contributed by atoms with E-state index in [4.69, 9.17) is 0 Å². The number of sulfonamides is 1. The summed E-state index contributed by atoms with van der Waals surface area (Å²) in [5, 5.41) is 0. The van der Waals surface area contributed by atoms with E-state index in [1.807, 2.05) is 6.07 Å². The Bertz CT molecular complexity index is 969. The third-order valence-corrected chi connectivity index (χ3v) is 6.20. The minimum absolute atomic E-state index is 0.120. The standard InChI is InChI=1S/C20H21FN2O3S/c21-17-8-3-14(4-9-17)13-27(25,26)22-18-10-7-15-2-1-11-23(19(15)12-18)20(24)16-5-6-16/h3-4,7-10,12,16,22H,1-2,5-6,11,13H2. The van der Waals surface area contributed by atoms with E-state index < -0.39 is 15.8 Å². The summed E-state index contributed by atoms with van der Waals surface area (Å²) < 4.78 is 40.5. The van der Waals surface area contributed by atoms with E-state index in [2.05, 4.69) is 4.72 Å². The summed E-state index contributed by atoms with van der Waals surface area (Å²) >= 11 is 0. The monoisotopic (exact) mass is 388 g/mol. The lowest BCUT2D eigenvalue weighted by Gasteiger charge is -2.30. The molecule has 2 aliphatic rings. The largest absolute Gasteiger partial charge is 0.312 e. The van der Waals surface area contributed by atoms with Crippen LogP contribution in [0.2, 0.25) is 0 Å². The van der Waals surface area contributed by atoms with Gasteiger partial charge in [0.15, 0.2) is 0 Å². The molecule has 0 radical (unpaired) electrons. The second-order valence-electron chi connectivity index (χ2n) is 7.20. The number of carbonyl (C=O) groups excluding carboxylic acids is 1. The second-order valence-corrected chi connectivity index (χ2v) is 8.92. The SMILES string of the molecule is O=C(C1CC1)N1CCCc2ccc(NS(=O)(=O)Cc3ccc(F)cc3)cc21. The van der Waals surface area contributed by atoms with Crippen LogP contribution in [0.5, 0.6) is 0 Å². The number of amides is 1. The molecular weight excluding hydrogens is 367 g/mol. The number of hydrogen-bond acceptors (Lipinski definition) is 3. The number of benzene rings is 2. The number of nitrogens with one attached hydrogen (secondary N) is 1. The van der Waals surface area contributed by atoms with Crippen LogP contribution in [0, 0.1) is 11.7 Å². The zero-order chi connectivity index (χ0) is 19.0. The zero-order valence-electron chi connectivity index (χ0n) is 14.8. The summed E-state index contributed by atoms with van der Waals surface area (Å²) in [7, 11) is -3.64. The summed E-state index contributed by atoms with van der Waals surface area (Å²) in [5.74, 6) is -0.383. The number of halogens is 1. The van der Waals surface area contributed by atoms with Gasteiger partial charge in [-0.15, -0.1) is 0 Å². The van der Waals surface area contributed by atoms with Crippen molar-refractivity contribution in [2.45, 2.75) is 31.4 Å². The molecule has 4 rings (SSSR count). The molecule has 0 unspecified atom stereocenters. The molecule has 1 aliphatic heterocycles. The van der Waals surface area contributed by atoms with Crippen LogP contribution in [-0.2, 0) is 27.0 Å². The van der Waals surface area contributed by atoms with Crippen LogP contribution in [0.4, 0.5) is 15.8 Å². The molecule has 27 heavy (non-hydrogen) atoms. The van der Waals surface area contributed by atoms with Crippen molar-refractivity contribution in [2.75, 3.05) is 16.2 Å². The van der Waals surface area contributed by atoms with Gasteiger partial charge in [-0.2, -0.15) is 0 Å². The molecule has 1 fully saturated rings. The topological polar surface area (TPSA) is 66.5 Å². The van der Waals surface area contributed by atoms with Crippen molar-refractivity contribution in [3.8, 4) is 0 Å². The fraction of sp³-hybridized carbons (Fsp3) is 0.350. The lowest BCUT2D eigenvalue weighted by atomic mass is 10.0. The van der Waals surface area contributed by atoms with Crippen molar-refractivity contribution in [3.63, 3.8) is 0 Å². The molecule has 1 aliphatic carbocycles. The van der Waals surface area contributed by atoms with Crippen molar-refractivity contribution in [1.82, 2.24) is 0 Å². The number of anilines is 2. The first-order chi connectivity index (χ1) is 12.9. The summed E-state index contributed by atoms with van der Waals surface area (Å²) in [6, 6.07) is 10.8. The van der Waals surface area contributed by atoms with Gasteiger partial charge in [-0.25, -0.2) is 12.8 Å². The summed E-state index contributed by atoms with van der Waals surface area (Å²) in [6.07, 6.45) is 3.68. The van der Waals surface area contributed by atoms with Crippen LogP contribution in [0.3, 0.4) is 0 Å². The first-order valence-corrected chi connectivity index (χ1v) is 10.8. The quantitative estimate of drug-likeness (QED) is 0.853. The maximum atomic E-state index is 13.0. The molecule has 1 saturated carbocycles. The molecule has 0 atom stereocenters. The average Bonchev–Trinajstić information content (AvgIpc) is 3.47. The van der Waals surface area contributed by atoms with E-state index in [-0.39, 0.29) is 17.6 Å². The van der Waals surface area contributed by atoms with Gasteiger partial charge in [-0.3, -0.25) is 9.52 Å². The van der Waals surface area contributed by atoms with Gasteiger partial charge in [-0.05, 0) is 61.1 Å². The molecule has 1 heterocycles. The van der Waals surface area contributed by atoms with Crippen molar-refractivity contribution in [2.24, 2.45) is 5.92 Å². The zero-order valence-corrected chi connectivity index (χ0v) is 15.6. The van der Waals surface area contributed by atoms with Crippen molar-refractivity contribution in [1.29, 1.82) is 0 Å². The highest BCUT2D eigenvalue weighted by atomic mass is 32.2. The predicted octanol–water partition coefficient (Wildman–Crippen LogP) is 3.46. The van der Waals surface area contributed by atoms with Crippen molar-refractivity contribution < 1.29 is 17.6 Å². The highest BCUT2D eigenvalue weighted by Gasteiger charge is 2.35. The lowest BCUT2D eigenvalue weighted by molar-refractivity contribution is -0.119. The normalized spacial score (nSPS) is 16.7. The molecule has 2 aromatic carbocycles. The number of fused-ring (bicyclic) bond motifs is 1. The molecule has 1 N–H and O–H groups in total. The van der Waals surface area contributed by atoms with Crippen LogP contribution in [0.1, 0.15) is 30.4 Å². The van der Waals surface area contributed by atoms with Crippen LogP contribution in [0.15, 0.2) is 42.5 Å². The Balaban J connectivity index is 1.54. The molecule has 0 bridgehead atoms. The van der Waals surface area contributed by atoms with Gasteiger partial charge >= 0.3 is 0 Å². The Kier molecular flexibility index (Phi) is 4.63. The van der Waals surface area contributed by atoms with Gasteiger partial charge in [0.2, 0.25) is 15.9 Å². The Morgan fingerprint density at radius 3 is 2.59 bits per heavy atom. The van der Waals surface area contributed by atoms with Crippen LogP contribution < -0.4 is 9.62 Å². The smallest absolute Gasteiger partial charge is 0.236 e. The van der Waals surface area contributed by atoms with Crippen LogP contribution in [0.25, 0.3) is 0 Å². The fourth-order valence-corrected chi connectivity index (χ4v) is 4.62. The first-order valence-electron chi connectivity index (χ1n) is 9.10. The van der Waals surface area contributed by atoms with E-state index in [0.717, 1.165) is 36.9 Å². The Morgan fingerprint density at radius 1 is 1.15 bits per heavy atom. The van der Waals surface area contributed by atoms with Gasteiger partial charge in [0.05, 0.1) is 11.4 Å². The average molecular weight is 388 g/mol. The van der Waals surface area contributed by atoms with Gasteiger partial charge in [0, 0.05) is 18.2 Å². The minimum atomic E-state index is -3.64. The molecule has 7 heteroatoms. The van der Waals surface area contributed by atoms with Crippen molar-refractivity contribution >= 4 is 27.3 Å². The highest BCUT2D eigenvalue weighted by molar-refractivity contribution is 7.91. The Labute approximate surface area is 158 Å². The van der Waals surface area contributed by atoms with Gasteiger partial charge in [0.25, 0.3) is 0 Å². The summed E-state index contributed by atoms with van der Waals surface area (Å²) in [6.45, 7) is 0.675. The van der Waals surface area contributed by atoms with Gasteiger partial charge in [-0.1, -0.05) is 18.2 Å². The van der Waals surface area contributed by atoms with Gasteiger partial charge in [0.1, 0.15) is 5.82 Å². The summed E-state index contributed by atoms with van der Waals surface area (Å²) in [4.78, 5) is 14.3. The van der Waals surface area contributed by atoms with Gasteiger partial charge < -0.3 is 4.90 Å². The maximum Gasteiger partial charge on any atom is 0.236 e. The Morgan fingerprint density at radius 2 is 1.89 bits per heavy atom. The molecular formula is C20H21FN2O3S. The predicted molar refractivity (Wildman–Crippen MR) is 102 cm³/mol. The third-order valence-electron chi connectivity index (χ3n) is 4.94. The number of hydrogen-bond donors (Lipinski definition) is 1. The number of aryl methyl sites for hydroxylation is 1. The molecule has 0 aromatic heterocycles. The highest BCUT2D eigenvalue weighted by Crippen LogP contribution is 2.37. The van der Waals surface area contributed by atoms with Crippen LogP contribution >= 0.6 is 0 Å². The summed E-state index contributed by atoms with van der Waals surface area (Å²) in [5.41, 5.74) is 2.82.